The van der Waals surface area contributed by atoms with Crippen LogP contribution in [0.25, 0.3) is 0 Å². The van der Waals surface area contributed by atoms with Crippen LogP contribution in [0.15, 0.2) is 60.7 Å². The third-order valence-corrected chi connectivity index (χ3v) is 4.22. The Morgan fingerprint density at radius 2 is 1.52 bits per heavy atom. The molecule has 1 radical (unpaired) electrons. The molecule has 2 aromatic carbocycles. The smallest absolute Gasteiger partial charge is 0.0596 e. The molecule has 1 fully saturated rings. The molecule has 0 aromatic heterocycles. The van der Waals surface area contributed by atoms with Crippen molar-refractivity contribution >= 4 is 0 Å². The van der Waals surface area contributed by atoms with Gasteiger partial charge in [0.25, 0.3) is 0 Å². The summed E-state index contributed by atoms with van der Waals surface area (Å²) < 4.78 is 0. The summed E-state index contributed by atoms with van der Waals surface area (Å²) >= 11 is 0. The SMILES string of the molecule is OC1[CH]CN(CC(c2ccccc2)c2ccccc2)CC1. The molecule has 1 N–H and O–H groups in total. The highest BCUT2D eigenvalue weighted by atomic mass is 16.3. The average molecular weight is 280 g/mol. The molecule has 1 atom stereocenters. The third-order valence-electron chi connectivity index (χ3n) is 4.22. The van der Waals surface area contributed by atoms with E-state index in [1.807, 2.05) is 6.42 Å². The fourth-order valence-corrected chi connectivity index (χ4v) is 2.99. The van der Waals surface area contributed by atoms with Gasteiger partial charge < -0.3 is 10.0 Å². The number of aliphatic hydroxyl groups is 1. The normalized spacial score (nSPS) is 17.2. The summed E-state index contributed by atoms with van der Waals surface area (Å²) in [7, 11) is 0. The van der Waals surface area contributed by atoms with Crippen LogP contribution >= 0.6 is 0 Å². The summed E-state index contributed by atoms with van der Waals surface area (Å²) in [4.78, 5) is 2.43. The highest BCUT2D eigenvalue weighted by molar-refractivity contribution is 5.32. The number of benzene rings is 2. The van der Waals surface area contributed by atoms with Crippen molar-refractivity contribution in [3.63, 3.8) is 0 Å². The summed E-state index contributed by atoms with van der Waals surface area (Å²) in [5.74, 6) is 0.385. The van der Waals surface area contributed by atoms with Crippen molar-refractivity contribution in [2.24, 2.45) is 0 Å². The lowest BCUT2D eigenvalue weighted by Crippen LogP contribution is -2.38. The second-order valence-electron chi connectivity index (χ2n) is 5.73. The van der Waals surface area contributed by atoms with Gasteiger partial charge in [-0.2, -0.15) is 0 Å². The minimum atomic E-state index is -0.229. The summed E-state index contributed by atoms with van der Waals surface area (Å²) in [6, 6.07) is 21.4. The maximum absolute atomic E-state index is 9.61. The predicted octanol–water partition coefficient (Wildman–Crippen LogP) is 3.09. The Labute approximate surface area is 127 Å². The van der Waals surface area contributed by atoms with Gasteiger partial charge in [-0.25, -0.2) is 0 Å². The second kappa shape index (κ2) is 6.88. The molecule has 0 saturated carbocycles. The highest BCUT2D eigenvalue weighted by Gasteiger charge is 2.22. The summed E-state index contributed by atoms with van der Waals surface area (Å²) in [6.45, 7) is 2.84. The van der Waals surface area contributed by atoms with Gasteiger partial charge in [0.05, 0.1) is 6.10 Å². The standard InChI is InChI=1S/C19H22NO/c21-18-11-13-20(14-12-18)15-19(16-7-3-1-4-8-16)17-9-5-2-6-10-17/h1-11,18-19,21H,12-15H2. The maximum atomic E-state index is 9.61. The van der Waals surface area contributed by atoms with Gasteiger partial charge in [0, 0.05) is 32.0 Å². The first-order valence-electron chi connectivity index (χ1n) is 7.66. The van der Waals surface area contributed by atoms with Crippen LogP contribution in [-0.2, 0) is 0 Å². The molecular weight excluding hydrogens is 258 g/mol. The van der Waals surface area contributed by atoms with Crippen LogP contribution in [0.5, 0.6) is 0 Å². The van der Waals surface area contributed by atoms with E-state index in [9.17, 15) is 5.11 Å². The van der Waals surface area contributed by atoms with Gasteiger partial charge in [0.15, 0.2) is 0 Å². The van der Waals surface area contributed by atoms with Gasteiger partial charge >= 0.3 is 0 Å². The highest BCUT2D eigenvalue weighted by Crippen LogP contribution is 2.26. The van der Waals surface area contributed by atoms with Crippen molar-refractivity contribution in [2.45, 2.75) is 18.4 Å². The van der Waals surface area contributed by atoms with Crippen LogP contribution in [0.1, 0.15) is 23.5 Å². The van der Waals surface area contributed by atoms with Gasteiger partial charge in [-0.05, 0) is 17.5 Å². The zero-order valence-electron chi connectivity index (χ0n) is 12.2. The lowest BCUT2D eigenvalue weighted by Gasteiger charge is -2.32. The third kappa shape index (κ3) is 3.72. The molecule has 1 unspecified atom stereocenters. The van der Waals surface area contributed by atoms with Crippen LogP contribution in [0.3, 0.4) is 0 Å². The van der Waals surface area contributed by atoms with Crippen molar-refractivity contribution in [3.8, 4) is 0 Å². The Morgan fingerprint density at radius 1 is 0.952 bits per heavy atom. The first kappa shape index (κ1) is 14.3. The Kier molecular flexibility index (Phi) is 4.69. The number of rotatable bonds is 4. The molecule has 1 heterocycles. The molecular formula is C19H22NO. The van der Waals surface area contributed by atoms with Crippen LogP contribution in [0.2, 0.25) is 0 Å². The van der Waals surface area contributed by atoms with E-state index in [0.29, 0.717) is 5.92 Å². The Morgan fingerprint density at radius 3 is 2.00 bits per heavy atom. The van der Waals surface area contributed by atoms with E-state index in [2.05, 4.69) is 65.6 Å². The number of piperidine rings is 1. The largest absolute Gasteiger partial charge is 0.393 e. The van der Waals surface area contributed by atoms with Crippen LogP contribution in [0, 0.1) is 6.42 Å². The van der Waals surface area contributed by atoms with Crippen molar-refractivity contribution in [1.82, 2.24) is 4.90 Å². The predicted molar refractivity (Wildman–Crippen MR) is 86.1 cm³/mol. The molecule has 2 aromatic rings. The molecule has 1 aliphatic rings. The molecule has 3 rings (SSSR count). The number of aliphatic hydroxyl groups excluding tert-OH is 1. The summed E-state index contributed by atoms with van der Waals surface area (Å²) in [6.07, 6.45) is 2.63. The van der Waals surface area contributed by atoms with Gasteiger partial charge in [-0.3, -0.25) is 0 Å². The molecule has 21 heavy (non-hydrogen) atoms. The first-order valence-corrected chi connectivity index (χ1v) is 7.66. The molecule has 109 valence electrons. The van der Waals surface area contributed by atoms with Crippen LogP contribution < -0.4 is 0 Å². The number of hydrogen-bond acceptors (Lipinski definition) is 2. The van der Waals surface area contributed by atoms with Crippen molar-refractivity contribution in [2.75, 3.05) is 19.6 Å². The lowest BCUT2D eigenvalue weighted by molar-refractivity contribution is 0.125. The minimum absolute atomic E-state index is 0.229. The monoisotopic (exact) mass is 280 g/mol. The van der Waals surface area contributed by atoms with Crippen molar-refractivity contribution < 1.29 is 5.11 Å². The fraction of sp³-hybridized carbons (Fsp3) is 0.316. The molecule has 2 heteroatoms. The fourth-order valence-electron chi connectivity index (χ4n) is 2.99. The van der Waals surface area contributed by atoms with E-state index in [1.165, 1.54) is 11.1 Å². The molecule has 0 bridgehead atoms. The van der Waals surface area contributed by atoms with E-state index in [0.717, 1.165) is 26.1 Å². The van der Waals surface area contributed by atoms with Crippen molar-refractivity contribution in [3.05, 3.63) is 78.2 Å². The zero-order chi connectivity index (χ0) is 14.5. The maximum Gasteiger partial charge on any atom is 0.0596 e. The van der Waals surface area contributed by atoms with E-state index in [-0.39, 0.29) is 6.10 Å². The Bertz CT molecular complexity index is 493. The van der Waals surface area contributed by atoms with E-state index in [1.54, 1.807) is 0 Å². The summed E-state index contributed by atoms with van der Waals surface area (Å²) in [5, 5.41) is 9.61. The zero-order valence-corrected chi connectivity index (χ0v) is 12.2. The van der Waals surface area contributed by atoms with Gasteiger partial charge in [-0.1, -0.05) is 60.7 Å². The van der Waals surface area contributed by atoms with Crippen LogP contribution in [0.4, 0.5) is 0 Å². The van der Waals surface area contributed by atoms with E-state index < -0.39 is 0 Å². The number of hydrogen-bond donors (Lipinski definition) is 1. The molecule has 0 spiro atoms. The summed E-state index contributed by atoms with van der Waals surface area (Å²) in [5.41, 5.74) is 2.71. The van der Waals surface area contributed by atoms with E-state index in [4.69, 9.17) is 0 Å². The molecule has 0 amide bonds. The topological polar surface area (TPSA) is 23.5 Å². The molecule has 0 aliphatic carbocycles. The van der Waals surface area contributed by atoms with Gasteiger partial charge in [0.2, 0.25) is 0 Å². The molecule has 1 saturated heterocycles. The molecule has 1 aliphatic heterocycles. The first-order chi connectivity index (χ1) is 10.3. The quantitative estimate of drug-likeness (QED) is 0.930. The molecule has 2 nitrogen and oxygen atoms in total. The lowest BCUT2D eigenvalue weighted by atomic mass is 9.90. The average Bonchev–Trinajstić information content (AvgIpc) is 2.56. The van der Waals surface area contributed by atoms with Gasteiger partial charge in [0.1, 0.15) is 0 Å². The number of nitrogens with zero attached hydrogens (tertiary/aromatic N) is 1. The minimum Gasteiger partial charge on any atom is -0.393 e. The Balaban J connectivity index is 1.80. The van der Waals surface area contributed by atoms with Crippen molar-refractivity contribution in [1.29, 1.82) is 0 Å². The van der Waals surface area contributed by atoms with Crippen LogP contribution in [-0.4, -0.2) is 35.7 Å². The van der Waals surface area contributed by atoms with Gasteiger partial charge in [-0.15, -0.1) is 0 Å². The van der Waals surface area contributed by atoms with E-state index >= 15 is 0 Å². The Hall–Kier alpha value is -1.64. The second-order valence-corrected chi connectivity index (χ2v) is 5.73. The number of likely N-dealkylation sites (tertiary alicyclic amines) is 1.